The Morgan fingerprint density at radius 2 is 2.12 bits per heavy atom. The number of aliphatic hydroxyl groups excluding tert-OH is 2. The van der Waals surface area contributed by atoms with Gasteiger partial charge in [-0.05, 0) is 19.1 Å². The molecule has 3 N–H and O–H groups in total. The summed E-state index contributed by atoms with van der Waals surface area (Å²) in [6.07, 6.45) is -1.70. The van der Waals surface area contributed by atoms with Crippen molar-refractivity contribution in [2.75, 3.05) is 19.0 Å². The summed E-state index contributed by atoms with van der Waals surface area (Å²) in [6.45, 7) is 1.66. The van der Waals surface area contributed by atoms with E-state index in [9.17, 15) is 9.50 Å². The van der Waals surface area contributed by atoms with E-state index in [1.165, 1.54) is 32.2 Å². The van der Waals surface area contributed by atoms with Crippen molar-refractivity contribution in [2.45, 2.75) is 19.1 Å². The summed E-state index contributed by atoms with van der Waals surface area (Å²) in [6, 6.07) is 4.06. The monoisotopic (exact) mass is 229 g/mol. The Bertz CT molecular complexity index is 344. The first-order chi connectivity index (χ1) is 7.54. The Balaban J connectivity index is 2.66. The predicted octanol–water partition coefficient (Wildman–Crippen LogP) is 0.988. The van der Waals surface area contributed by atoms with E-state index >= 15 is 0 Å². The van der Waals surface area contributed by atoms with Crippen molar-refractivity contribution in [1.82, 2.24) is 0 Å². The Kier molecular flexibility index (Phi) is 4.52. The van der Waals surface area contributed by atoms with E-state index in [0.717, 1.165) is 0 Å². The molecule has 0 aliphatic carbocycles. The van der Waals surface area contributed by atoms with Crippen LogP contribution in [0.5, 0.6) is 5.75 Å². The molecule has 0 aliphatic heterocycles. The van der Waals surface area contributed by atoms with Gasteiger partial charge in [0.2, 0.25) is 0 Å². The smallest absolute Gasteiger partial charge is 0.144 e. The molecule has 0 heterocycles. The third-order valence-corrected chi connectivity index (χ3v) is 2.22. The van der Waals surface area contributed by atoms with Crippen LogP contribution in [0.4, 0.5) is 10.1 Å². The molecule has 1 aromatic rings. The first-order valence-electron chi connectivity index (χ1n) is 4.98. The molecule has 5 heteroatoms. The lowest BCUT2D eigenvalue weighted by atomic mass is 10.2. The van der Waals surface area contributed by atoms with E-state index in [-0.39, 0.29) is 6.54 Å². The Hall–Kier alpha value is -1.33. The highest BCUT2D eigenvalue weighted by molar-refractivity contribution is 5.56. The van der Waals surface area contributed by atoms with Crippen LogP contribution in [0.2, 0.25) is 0 Å². The van der Waals surface area contributed by atoms with Crippen molar-refractivity contribution in [3.05, 3.63) is 24.0 Å². The van der Waals surface area contributed by atoms with Crippen molar-refractivity contribution >= 4 is 5.69 Å². The summed E-state index contributed by atoms with van der Waals surface area (Å²) in [7, 11) is 1.44. The molecule has 0 spiro atoms. The van der Waals surface area contributed by atoms with Gasteiger partial charge in [0.05, 0.1) is 25.0 Å². The number of halogens is 1. The highest BCUT2D eigenvalue weighted by Gasteiger charge is 2.11. The second-order valence-electron chi connectivity index (χ2n) is 3.53. The summed E-state index contributed by atoms with van der Waals surface area (Å²) in [5, 5.41) is 21.3. The topological polar surface area (TPSA) is 61.7 Å². The lowest BCUT2D eigenvalue weighted by molar-refractivity contribution is 0.0400. The largest absolute Gasteiger partial charge is 0.494 e. The molecule has 0 aliphatic rings. The molecule has 2 unspecified atom stereocenters. The molecule has 0 fully saturated rings. The maximum absolute atomic E-state index is 12.9. The summed E-state index contributed by atoms with van der Waals surface area (Å²) < 4.78 is 17.8. The van der Waals surface area contributed by atoms with Crippen molar-refractivity contribution < 1.29 is 19.3 Å². The van der Waals surface area contributed by atoms with Gasteiger partial charge in [0.25, 0.3) is 0 Å². The number of hydrogen-bond acceptors (Lipinski definition) is 4. The number of anilines is 1. The summed E-state index contributed by atoms with van der Waals surface area (Å²) in [5.74, 6) is -0.0312. The molecule has 0 bridgehead atoms. The van der Waals surface area contributed by atoms with Crippen molar-refractivity contribution in [3.8, 4) is 5.75 Å². The second kappa shape index (κ2) is 5.67. The standard InChI is InChI=1S/C11H16FNO3/c1-7(14)10(15)6-13-9-4-3-8(12)5-11(9)16-2/h3-5,7,10,13-15H,6H2,1-2H3. The SMILES string of the molecule is COc1cc(F)ccc1NCC(O)C(C)O. The van der Waals surface area contributed by atoms with Crippen LogP contribution in [-0.4, -0.2) is 36.1 Å². The molecule has 4 nitrogen and oxygen atoms in total. The average Bonchev–Trinajstić information content (AvgIpc) is 2.26. The first-order valence-corrected chi connectivity index (χ1v) is 4.98. The fourth-order valence-corrected chi connectivity index (χ4v) is 1.20. The number of benzene rings is 1. The molecule has 1 aromatic carbocycles. The predicted molar refractivity (Wildman–Crippen MR) is 59.1 cm³/mol. The Morgan fingerprint density at radius 3 is 2.69 bits per heavy atom. The van der Waals surface area contributed by atoms with Crippen LogP contribution in [0.3, 0.4) is 0 Å². The second-order valence-corrected chi connectivity index (χ2v) is 3.53. The van der Waals surface area contributed by atoms with Crippen molar-refractivity contribution in [1.29, 1.82) is 0 Å². The van der Waals surface area contributed by atoms with Crippen molar-refractivity contribution in [2.24, 2.45) is 0 Å². The molecule has 1 rings (SSSR count). The fourth-order valence-electron chi connectivity index (χ4n) is 1.20. The normalized spacial score (nSPS) is 14.3. The van der Waals surface area contributed by atoms with E-state index in [1.54, 1.807) is 0 Å². The molecule has 0 saturated heterocycles. The van der Waals surface area contributed by atoms with Crippen molar-refractivity contribution in [3.63, 3.8) is 0 Å². The van der Waals surface area contributed by atoms with Gasteiger partial charge in [-0.2, -0.15) is 0 Å². The van der Waals surface area contributed by atoms with Gasteiger partial charge in [-0.15, -0.1) is 0 Å². The maximum atomic E-state index is 12.9. The lowest BCUT2D eigenvalue weighted by Crippen LogP contribution is -2.30. The molecule has 2 atom stereocenters. The number of ether oxygens (including phenoxy) is 1. The van der Waals surface area contributed by atoms with Gasteiger partial charge < -0.3 is 20.3 Å². The van der Waals surface area contributed by atoms with Crippen LogP contribution >= 0.6 is 0 Å². The average molecular weight is 229 g/mol. The van der Waals surface area contributed by atoms with Gasteiger partial charge in [0.15, 0.2) is 0 Å². The highest BCUT2D eigenvalue weighted by Crippen LogP contribution is 2.24. The van der Waals surface area contributed by atoms with E-state index in [0.29, 0.717) is 11.4 Å². The molecular weight excluding hydrogens is 213 g/mol. The van der Waals surface area contributed by atoms with Crippen LogP contribution in [0.25, 0.3) is 0 Å². The maximum Gasteiger partial charge on any atom is 0.144 e. The molecule has 0 saturated carbocycles. The van der Waals surface area contributed by atoms with Crippen LogP contribution in [0.15, 0.2) is 18.2 Å². The zero-order chi connectivity index (χ0) is 12.1. The van der Waals surface area contributed by atoms with Gasteiger partial charge in [-0.25, -0.2) is 4.39 Å². The third-order valence-electron chi connectivity index (χ3n) is 2.22. The van der Waals surface area contributed by atoms with E-state index in [4.69, 9.17) is 9.84 Å². The Morgan fingerprint density at radius 1 is 1.44 bits per heavy atom. The molecule has 90 valence electrons. The van der Waals surface area contributed by atoms with Crippen LogP contribution in [0.1, 0.15) is 6.92 Å². The van der Waals surface area contributed by atoms with Gasteiger partial charge in [-0.3, -0.25) is 0 Å². The quantitative estimate of drug-likeness (QED) is 0.704. The number of aliphatic hydroxyl groups is 2. The number of methoxy groups -OCH3 is 1. The summed E-state index contributed by atoms with van der Waals surface area (Å²) in [4.78, 5) is 0. The summed E-state index contributed by atoms with van der Waals surface area (Å²) >= 11 is 0. The minimum atomic E-state index is -0.880. The summed E-state index contributed by atoms with van der Waals surface area (Å²) in [5.41, 5.74) is 0.573. The van der Waals surface area contributed by atoms with Gasteiger partial charge in [0, 0.05) is 12.6 Å². The van der Waals surface area contributed by atoms with E-state index in [2.05, 4.69) is 5.32 Å². The number of hydrogen-bond donors (Lipinski definition) is 3. The third kappa shape index (κ3) is 3.36. The van der Waals surface area contributed by atoms with Crippen LogP contribution in [-0.2, 0) is 0 Å². The zero-order valence-corrected chi connectivity index (χ0v) is 9.27. The van der Waals surface area contributed by atoms with E-state index in [1.807, 2.05) is 0 Å². The van der Waals surface area contributed by atoms with Gasteiger partial charge in [0.1, 0.15) is 11.6 Å². The molecule has 16 heavy (non-hydrogen) atoms. The van der Waals surface area contributed by atoms with Crippen LogP contribution < -0.4 is 10.1 Å². The molecule has 0 radical (unpaired) electrons. The van der Waals surface area contributed by atoms with Gasteiger partial charge >= 0.3 is 0 Å². The molecule has 0 aromatic heterocycles. The molecule has 0 amide bonds. The minimum Gasteiger partial charge on any atom is -0.494 e. The fraction of sp³-hybridized carbons (Fsp3) is 0.455. The zero-order valence-electron chi connectivity index (χ0n) is 9.27. The lowest BCUT2D eigenvalue weighted by Gasteiger charge is -2.16. The van der Waals surface area contributed by atoms with Gasteiger partial charge in [-0.1, -0.05) is 0 Å². The molecular formula is C11H16FNO3. The minimum absolute atomic E-state index is 0.166. The Labute approximate surface area is 93.7 Å². The number of nitrogens with one attached hydrogen (secondary N) is 1. The highest BCUT2D eigenvalue weighted by atomic mass is 19.1. The first kappa shape index (κ1) is 12.7. The van der Waals surface area contributed by atoms with E-state index < -0.39 is 18.0 Å². The van der Waals surface area contributed by atoms with Crippen LogP contribution in [0, 0.1) is 5.82 Å². The number of rotatable bonds is 5.